The van der Waals surface area contributed by atoms with Crippen LogP contribution in [0.2, 0.25) is 5.54 Å². The third-order valence-electron chi connectivity index (χ3n) is 2.35. The van der Waals surface area contributed by atoms with Gasteiger partial charge in [-0.25, -0.2) is 4.79 Å². The summed E-state index contributed by atoms with van der Waals surface area (Å²) in [6, 6.07) is 0. The number of rotatable bonds is 8. The number of ether oxygens (including phenoxy) is 2. The van der Waals surface area contributed by atoms with Crippen molar-refractivity contribution in [2.24, 2.45) is 0 Å². The van der Waals surface area contributed by atoms with E-state index in [2.05, 4.69) is 20.4 Å². The Morgan fingerprint density at radius 3 is 2.50 bits per heavy atom. The molecule has 0 N–H and O–H groups in total. The Balaban J connectivity index is 3.99. The Bertz CT molecular complexity index is 228. The molecule has 0 aliphatic carbocycles. The average molecular weight is 244 g/mol. The molecule has 0 aromatic heterocycles. The van der Waals surface area contributed by atoms with E-state index in [4.69, 9.17) is 9.47 Å². The van der Waals surface area contributed by atoms with Gasteiger partial charge in [-0.3, -0.25) is 0 Å². The number of esters is 1. The van der Waals surface area contributed by atoms with Crippen LogP contribution in [0.5, 0.6) is 0 Å². The number of carbonyl (C=O) groups is 1. The molecule has 0 heterocycles. The van der Waals surface area contributed by atoms with E-state index in [-0.39, 0.29) is 11.7 Å². The summed E-state index contributed by atoms with van der Waals surface area (Å²) in [5.41, 5.74) is 1.13. The van der Waals surface area contributed by atoms with Gasteiger partial charge in [0, 0.05) is 18.8 Å². The minimum absolute atomic E-state index is 0.111. The highest BCUT2D eigenvalue weighted by atomic mass is 28.2. The van der Waals surface area contributed by atoms with Gasteiger partial charge in [-0.1, -0.05) is 20.4 Å². The van der Waals surface area contributed by atoms with Crippen LogP contribution in [-0.2, 0) is 14.3 Å². The van der Waals surface area contributed by atoms with Gasteiger partial charge in [0.05, 0.1) is 15.2 Å². The van der Waals surface area contributed by atoms with Crippen LogP contribution >= 0.6 is 0 Å². The Morgan fingerprint density at radius 1 is 1.44 bits per heavy atom. The molecule has 16 heavy (non-hydrogen) atoms. The number of carbonyl (C=O) groups excluding carboxylic acids is 1. The second kappa shape index (κ2) is 8.53. The van der Waals surface area contributed by atoms with Crippen LogP contribution in [0.4, 0.5) is 0 Å². The normalized spacial score (nSPS) is 15.0. The van der Waals surface area contributed by atoms with Gasteiger partial charge in [-0.05, 0) is 25.8 Å². The lowest BCUT2D eigenvalue weighted by molar-refractivity contribution is -0.140. The van der Waals surface area contributed by atoms with Crippen molar-refractivity contribution in [1.82, 2.24) is 0 Å². The van der Waals surface area contributed by atoms with E-state index in [0.717, 1.165) is 19.6 Å². The molecule has 2 unspecified atom stereocenters. The number of hydrogen-bond acceptors (Lipinski definition) is 3. The van der Waals surface area contributed by atoms with Gasteiger partial charge in [0.2, 0.25) is 0 Å². The van der Waals surface area contributed by atoms with Crippen molar-refractivity contribution in [3.63, 3.8) is 0 Å². The molecular weight excluding hydrogens is 220 g/mol. The van der Waals surface area contributed by atoms with Crippen molar-refractivity contribution < 1.29 is 14.3 Å². The van der Waals surface area contributed by atoms with Crippen molar-refractivity contribution in [2.45, 2.75) is 45.4 Å². The fourth-order valence-corrected chi connectivity index (χ4v) is 3.17. The first-order valence-corrected chi connectivity index (χ1v) is 7.58. The van der Waals surface area contributed by atoms with Crippen LogP contribution in [0, 0.1) is 0 Å². The maximum atomic E-state index is 11.4. The van der Waals surface area contributed by atoms with E-state index >= 15 is 0 Å². The second-order valence-corrected chi connectivity index (χ2v) is 6.99. The Morgan fingerprint density at radius 2 is 2.06 bits per heavy atom. The van der Waals surface area contributed by atoms with Crippen LogP contribution in [0.25, 0.3) is 0 Å². The molecule has 0 rings (SSSR count). The lowest BCUT2D eigenvalue weighted by atomic mass is 10.4. The first kappa shape index (κ1) is 15.4. The zero-order valence-electron chi connectivity index (χ0n) is 10.9. The predicted molar refractivity (Wildman–Crippen MR) is 69.4 cm³/mol. The summed E-state index contributed by atoms with van der Waals surface area (Å²) in [6.07, 6.45) is 0.891. The highest BCUT2D eigenvalue weighted by Crippen LogP contribution is 2.10. The largest absolute Gasteiger partial charge is 0.464 e. The van der Waals surface area contributed by atoms with Crippen molar-refractivity contribution in [1.29, 1.82) is 0 Å². The standard InChI is InChI=1S/C12H24O3Si/c1-6-11(15-12(13)9(3)4)16-10(5)8-14-7-2/h10-11H,3,6-8,16H2,1-2,4-5H3. The maximum Gasteiger partial charge on any atom is 0.333 e. The zero-order chi connectivity index (χ0) is 12.6. The molecule has 94 valence electrons. The minimum Gasteiger partial charge on any atom is -0.464 e. The van der Waals surface area contributed by atoms with Crippen molar-refractivity contribution in [3.8, 4) is 0 Å². The average Bonchev–Trinajstić information content (AvgIpc) is 2.24. The van der Waals surface area contributed by atoms with Crippen LogP contribution in [0.15, 0.2) is 12.2 Å². The molecule has 0 amide bonds. The summed E-state index contributed by atoms with van der Waals surface area (Å²) in [4.78, 5) is 11.4. The maximum absolute atomic E-state index is 11.4. The molecule has 3 nitrogen and oxygen atoms in total. The molecule has 0 aliphatic rings. The van der Waals surface area contributed by atoms with Gasteiger partial charge >= 0.3 is 5.97 Å². The van der Waals surface area contributed by atoms with Gasteiger partial charge < -0.3 is 9.47 Å². The third kappa shape index (κ3) is 6.79. The van der Waals surface area contributed by atoms with E-state index in [1.54, 1.807) is 6.92 Å². The molecule has 0 bridgehead atoms. The topological polar surface area (TPSA) is 35.5 Å². The van der Waals surface area contributed by atoms with Crippen molar-refractivity contribution >= 4 is 15.5 Å². The first-order valence-electron chi connectivity index (χ1n) is 5.95. The second-order valence-electron chi connectivity index (χ2n) is 4.22. The molecule has 0 aliphatic heterocycles. The highest BCUT2D eigenvalue weighted by molar-refractivity contribution is 6.39. The molecule has 0 aromatic rings. The molecule has 0 saturated heterocycles. The summed E-state index contributed by atoms with van der Waals surface area (Å²) in [5.74, 6) is -0.261. The zero-order valence-corrected chi connectivity index (χ0v) is 12.3. The summed E-state index contributed by atoms with van der Waals surface area (Å²) in [7, 11) is -0.455. The molecule has 2 atom stereocenters. The van der Waals surface area contributed by atoms with Crippen LogP contribution in [0.1, 0.15) is 34.1 Å². The molecule has 0 aromatic carbocycles. The van der Waals surface area contributed by atoms with Crippen molar-refractivity contribution in [2.75, 3.05) is 13.2 Å². The van der Waals surface area contributed by atoms with E-state index in [0.29, 0.717) is 11.1 Å². The third-order valence-corrected chi connectivity index (χ3v) is 4.66. The van der Waals surface area contributed by atoms with Crippen molar-refractivity contribution in [3.05, 3.63) is 12.2 Å². The van der Waals surface area contributed by atoms with E-state index in [1.165, 1.54) is 0 Å². The van der Waals surface area contributed by atoms with Gasteiger partial charge in [0.25, 0.3) is 0 Å². The van der Waals surface area contributed by atoms with E-state index < -0.39 is 9.52 Å². The molecule has 0 spiro atoms. The Kier molecular flexibility index (Phi) is 8.20. The monoisotopic (exact) mass is 244 g/mol. The lowest BCUT2D eigenvalue weighted by Gasteiger charge is -2.19. The van der Waals surface area contributed by atoms with Gasteiger partial charge in [0.15, 0.2) is 0 Å². The Labute approximate surface area is 101 Å². The van der Waals surface area contributed by atoms with Gasteiger partial charge in [-0.2, -0.15) is 0 Å². The smallest absolute Gasteiger partial charge is 0.333 e. The van der Waals surface area contributed by atoms with Crippen LogP contribution in [0.3, 0.4) is 0 Å². The van der Waals surface area contributed by atoms with E-state index in [9.17, 15) is 4.79 Å². The number of hydrogen-bond donors (Lipinski definition) is 0. The summed E-state index contributed by atoms with van der Waals surface area (Å²) in [5, 5.41) is 0. The first-order chi connectivity index (χ1) is 7.51. The molecule has 0 saturated carbocycles. The van der Waals surface area contributed by atoms with Gasteiger partial charge in [-0.15, -0.1) is 0 Å². The highest BCUT2D eigenvalue weighted by Gasteiger charge is 2.17. The molecular formula is C12H24O3Si. The van der Waals surface area contributed by atoms with Crippen LogP contribution in [-0.4, -0.2) is 34.4 Å². The lowest BCUT2D eigenvalue weighted by Crippen LogP contribution is -2.28. The fraction of sp³-hybridized carbons (Fsp3) is 0.750. The SMILES string of the molecule is C=C(C)C(=O)OC(CC)[SiH2]C(C)COCC. The van der Waals surface area contributed by atoms with Crippen LogP contribution < -0.4 is 0 Å². The molecule has 0 radical (unpaired) electrons. The van der Waals surface area contributed by atoms with E-state index in [1.807, 2.05) is 6.92 Å². The Hall–Kier alpha value is -0.613. The van der Waals surface area contributed by atoms with Gasteiger partial charge in [0.1, 0.15) is 0 Å². The summed E-state index contributed by atoms with van der Waals surface area (Å²) >= 11 is 0. The predicted octanol–water partition coefficient (Wildman–Crippen LogP) is 1.86. The fourth-order valence-electron chi connectivity index (χ4n) is 1.39. The minimum atomic E-state index is -0.455. The quantitative estimate of drug-likeness (QED) is 0.371. The summed E-state index contributed by atoms with van der Waals surface area (Å²) < 4.78 is 10.7. The molecule has 0 fully saturated rings. The summed E-state index contributed by atoms with van der Waals surface area (Å²) in [6.45, 7) is 13.0. The molecule has 4 heteroatoms.